The molecule has 1 rings (SSSR count). The van der Waals surface area contributed by atoms with Gasteiger partial charge in [0.15, 0.2) is 17.4 Å². The van der Waals surface area contributed by atoms with Crippen LogP contribution in [0.1, 0.15) is 0 Å². The molecule has 0 amide bonds. The molecule has 69 valence electrons. The number of carbonyl (C=O) groups excluding carboxylic acids is 1. The van der Waals surface area contributed by atoms with Crippen molar-refractivity contribution in [2.75, 3.05) is 0 Å². The van der Waals surface area contributed by atoms with E-state index in [-0.39, 0.29) is 6.07 Å². The van der Waals surface area contributed by atoms with Crippen LogP contribution in [0.5, 0.6) is 5.75 Å². The molecule has 0 unspecified atom stereocenters. The Bertz CT molecular complexity index is 351. The van der Waals surface area contributed by atoms with Crippen molar-refractivity contribution in [3.05, 3.63) is 29.3 Å². The minimum atomic E-state index is -2.04. The maximum atomic E-state index is 12.5. The summed E-state index contributed by atoms with van der Waals surface area (Å²) in [7, 11) is 0. The summed E-state index contributed by atoms with van der Waals surface area (Å²) in [6.07, 6.45) is 0. The quantitative estimate of drug-likeness (QED) is 0.406. The zero-order valence-corrected chi connectivity index (χ0v) is 5.91. The van der Waals surface area contributed by atoms with Crippen LogP contribution in [0.4, 0.5) is 17.6 Å². The smallest absolute Gasteiger partial charge is 0.415 e. The van der Waals surface area contributed by atoms with Crippen LogP contribution < -0.4 is 4.74 Å². The lowest BCUT2D eigenvalue weighted by Gasteiger charge is -2.01. The Kier molecular flexibility index (Phi) is 2.50. The minimum absolute atomic E-state index is 0.207. The SMILES string of the molecule is O=[C]Oc1cc(F)c(F)c(F)c1F. The molecular formula is C7HF4O2. The summed E-state index contributed by atoms with van der Waals surface area (Å²) in [4.78, 5) is 9.58. The van der Waals surface area contributed by atoms with E-state index >= 15 is 0 Å². The Labute approximate surface area is 69.7 Å². The average molecular weight is 193 g/mol. The number of hydrogen-bond acceptors (Lipinski definition) is 2. The Morgan fingerprint density at radius 1 is 1.08 bits per heavy atom. The van der Waals surface area contributed by atoms with Crippen molar-refractivity contribution in [2.45, 2.75) is 0 Å². The molecule has 2 nitrogen and oxygen atoms in total. The van der Waals surface area contributed by atoms with Crippen molar-refractivity contribution in [2.24, 2.45) is 0 Å². The molecule has 0 aliphatic rings. The van der Waals surface area contributed by atoms with E-state index in [9.17, 15) is 22.4 Å². The van der Waals surface area contributed by atoms with Crippen molar-refractivity contribution >= 4 is 6.47 Å². The van der Waals surface area contributed by atoms with Crippen molar-refractivity contribution in [3.8, 4) is 5.75 Å². The minimum Gasteiger partial charge on any atom is -0.415 e. The fourth-order valence-electron chi connectivity index (χ4n) is 0.670. The lowest BCUT2D eigenvalue weighted by atomic mass is 10.3. The summed E-state index contributed by atoms with van der Waals surface area (Å²) < 4.78 is 53.3. The van der Waals surface area contributed by atoms with Gasteiger partial charge in [-0.25, -0.2) is 18.0 Å². The second-order valence-electron chi connectivity index (χ2n) is 1.98. The number of ether oxygens (including phenoxy) is 1. The first-order valence-electron chi connectivity index (χ1n) is 2.95. The molecule has 0 spiro atoms. The largest absolute Gasteiger partial charge is 0.423 e. The third-order valence-corrected chi connectivity index (χ3v) is 1.22. The average Bonchev–Trinajstić information content (AvgIpc) is 2.11. The molecule has 1 radical (unpaired) electrons. The lowest BCUT2D eigenvalue weighted by molar-refractivity contribution is 0.372. The molecule has 0 atom stereocenters. The van der Waals surface area contributed by atoms with Gasteiger partial charge in [0.1, 0.15) is 0 Å². The molecule has 0 aliphatic carbocycles. The summed E-state index contributed by atoms with van der Waals surface area (Å²) in [6.45, 7) is 0.753. The zero-order chi connectivity index (χ0) is 10.0. The van der Waals surface area contributed by atoms with Gasteiger partial charge >= 0.3 is 6.47 Å². The van der Waals surface area contributed by atoms with Gasteiger partial charge in [0.2, 0.25) is 11.6 Å². The first-order chi connectivity index (χ1) is 6.07. The molecule has 0 fully saturated rings. The maximum absolute atomic E-state index is 12.5. The van der Waals surface area contributed by atoms with Crippen LogP contribution in [0.2, 0.25) is 0 Å². The number of rotatable bonds is 2. The molecule has 0 aromatic heterocycles. The molecule has 6 heteroatoms. The van der Waals surface area contributed by atoms with Crippen LogP contribution in [0.15, 0.2) is 6.07 Å². The van der Waals surface area contributed by atoms with E-state index in [1.807, 2.05) is 0 Å². The van der Waals surface area contributed by atoms with Crippen molar-refractivity contribution in [3.63, 3.8) is 0 Å². The Balaban J connectivity index is 3.31. The first kappa shape index (κ1) is 9.50. The van der Waals surface area contributed by atoms with E-state index in [1.165, 1.54) is 0 Å². The van der Waals surface area contributed by atoms with Crippen LogP contribution in [0.25, 0.3) is 0 Å². The molecule has 0 heterocycles. The molecule has 0 saturated carbocycles. The highest BCUT2D eigenvalue weighted by Gasteiger charge is 2.19. The Morgan fingerprint density at radius 2 is 1.69 bits per heavy atom. The summed E-state index contributed by atoms with van der Waals surface area (Å²) >= 11 is 0. The van der Waals surface area contributed by atoms with Crippen LogP contribution in [0.3, 0.4) is 0 Å². The summed E-state index contributed by atoms with van der Waals surface area (Å²) in [5.41, 5.74) is 0. The standard InChI is InChI=1S/C7HF4O2/c8-3-1-4(13-2-12)6(10)7(11)5(3)9/h1H. The molecule has 0 N–H and O–H groups in total. The molecular weight excluding hydrogens is 192 g/mol. The van der Waals surface area contributed by atoms with E-state index in [4.69, 9.17) is 0 Å². The second-order valence-corrected chi connectivity index (χ2v) is 1.98. The molecule has 13 heavy (non-hydrogen) atoms. The van der Waals surface area contributed by atoms with Gasteiger partial charge in [-0.05, 0) is 0 Å². The molecule has 1 aromatic rings. The van der Waals surface area contributed by atoms with E-state index < -0.39 is 29.0 Å². The second kappa shape index (κ2) is 3.42. The van der Waals surface area contributed by atoms with Crippen LogP contribution in [-0.2, 0) is 4.79 Å². The van der Waals surface area contributed by atoms with Crippen LogP contribution >= 0.6 is 0 Å². The molecule has 0 aliphatic heterocycles. The van der Waals surface area contributed by atoms with Gasteiger partial charge in [-0.2, -0.15) is 4.39 Å². The third-order valence-electron chi connectivity index (χ3n) is 1.22. The van der Waals surface area contributed by atoms with Crippen LogP contribution in [-0.4, -0.2) is 6.47 Å². The highest BCUT2D eigenvalue weighted by molar-refractivity contribution is 5.46. The first-order valence-corrected chi connectivity index (χ1v) is 2.95. The van der Waals surface area contributed by atoms with E-state index in [1.54, 1.807) is 0 Å². The molecule has 1 aromatic carbocycles. The number of benzene rings is 1. The predicted molar refractivity (Wildman–Crippen MR) is 32.6 cm³/mol. The fraction of sp³-hybridized carbons (Fsp3) is 0. The summed E-state index contributed by atoms with van der Waals surface area (Å²) in [5.74, 6) is -8.47. The normalized spacial score (nSPS) is 9.85. The van der Waals surface area contributed by atoms with E-state index in [0.29, 0.717) is 0 Å². The Morgan fingerprint density at radius 3 is 2.23 bits per heavy atom. The van der Waals surface area contributed by atoms with Crippen molar-refractivity contribution in [1.82, 2.24) is 0 Å². The predicted octanol–water partition coefficient (Wildman–Crippen LogP) is 1.69. The lowest BCUT2D eigenvalue weighted by Crippen LogP contribution is -2.00. The van der Waals surface area contributed by atoms with Gasteiger partial charge in [0, 0.05) is 6.07 Å². The summed E-state index contributed by atoms with van der Waals surface area (Å²) in [5, 5.41) is 0. The fourth-order valence-corrected chi connectivity index (χ4v) is 0.670. The van der Waals surface area contributed by atoms with E-state index in [2.05, 4.69) is 4.74 Å². The maximum Gasteiger partial charge on any atom is 0.423 e. The highest BCUT2D eigenvalue weighted by Crippen LogP contribution is 2.23. The van der Waals surface area contributed by atoms with Gasteiger partial charge < -0.3 is 4.74 Å². The topological polar surface area (TPSA) is 26.3 Å². The van der Waals surface area contributed by atoms with Gasteiger partial charge in [0.25, 0.3) is 0 Å². The van der Waals surface area contributed by atoms with Crippen molar-refractivity contribution < 1.29 is 27.1 Å². The van der Waals surface area contributed by atoms with E-state index in [0.717, 1.165) is 6.47 Å². The molecule has 0 saturated heterocycles. The zero-order valence-electron chi connectivity index (χ0n) is 5.91. The third kappa shape index (κ3) is 1.61. The van der Waals surface area contributed by atoms with Gasteiger partial charge in [0.05, 0.1) is 0 Å². The van der Waals surface area contributed by atoms with Crippen molar-refractivity contribution in [1.29, 1.82) is 0 Å². The highest BCUT2D eigenvalue weighted by atomic mass is 19.2. The van der Waals surface area contributed by atoms with Gasteiger partial charge in [-0.15, -0.1) is 0 Å². The monoisotopic (exact) mass is 193 g/mol. The van der Waals surface area contributed by atoms with Gasteiger partial charge in [-0.3, -0.25) is 0 Å². The number of hydrogen-bond donors (Lipinski definition) is 0. The van der Waals surface area contributed by atoms with Gasteiger partial charge in [-0.1, -0.05) is 0 Å². The van der Waals surface area contributed by atoms with Crippen LogP contribution in [0, 0.1) is 23.3 Å². The molecule has 0 bridgehead atoms. The Hall–Kier alpha value is -1.59. The number of halogens is 4. The summed E-state index contributed by atoms with van der Waals surface area (Å²) in [6, 6.07) is 0.207.